The molecule has 0 unspecified atom stereocenters. The molecule has 0 bridgehead atoms. The summed E-state index contributed by atoms with van der Waals surface area (Å²) >= 11 is 6.03. The normalized spacial score (nSPS) is 15.6. The summed E-state index contributed by atoms with van der Waals surface area (Å²) in [7, 11) is -0.806. The molecule has 0 spiro atoms. The van der Waals surface area contributed by atoms with Gasteiger partial charge in [-0.25, -0.2) is 8.42 Å². The van der Waals surface area contributed by atoms with Crippen LogP contribution in [-0.4, -0.2) is 45.9 Å². The maximum Gasteiger partial charge on any atom is 0.259 e. The molecule has 9 heteroatoms. The van der Waals surface area contributed by atoms with Crippen LogP contribution in [0, 0.1) is 5.92 Å². The molecular weight excluding hydrogens is 428 g/mol. The number of nitrogens with zero attached hydrogens (tertiary/aromatic N) is 1. The number of halogens is 1. The van der Waals surface area contributed by atoms with E-state index in [0.717, 1.165) is 12.8 Å². The molecule has 0 radical (unpaired) electrons. The third-order valence-corrected chi connectivity index (χ3v) is 7.34. The minimum absolute atomic E-state index is 0.0565. The zero-order valence-corrected chi connectivity index (χ0v) is 18.7. The first-order valence-electron chi connectivity index (χ1n) is 9.59. The van der Waals surface area contributed by atoms with Gasteiger partial charge >= 0.3 is 0 Å². The van der Waals surface area contributed by atoms with Crippen LogP contribution in [0.4, 0.5) is 5.69 Å². The molecule has 2 aromatic rings. The van der Waals surface area contributed by atoms with Crippen molar-refractivity contribution in [2.75, 3.05) is 32.6 Å². The number of rotatable bonds is 6. The lowest BCUT2D eigenvalue weighted by atomic mass is 10.0. The summed E-state index contributed by atoms with van der Waals surface area (Å²) in [5.41, 5.74) is 0.473. The van der Waals surface area contributed by atoms with E-state index in [1.807, 2.05) is 0 Å². The lowest BCUT2D eigenvalue weighted by Gasteiger charge is -2.29. The number of ether oxygens (including phenoxy) is 2. The molecule has 7 nitrogen and oxygen atoms in total. The van der Waals surface area contributed by atoms with E-state index in [4.69, 9.17) is 21.1 Å². The van der Waals surface area contributed by atoms with Gasteiger partial charge < -0.3 is 14.8 Å². The average molecular weight is 453 g/mol. The fourth-order valence-corrected chi connectivity index (χ4v) is 5.04. The van der Waals surface area contributed by atoms with Crippen LogP contribution < -0.4 is 14.8 Å². The Morgan fingerprint density at radius 1 is 1.07 bits per heavy atom. The van der Waals surface area contributed by atoms with Gasteiger partial charge in [-0.05, 0) is 55.2 Å². The van der Waals surface area contributed by atoms with Crippen LogP contribution in [0.5, 0.6) is 11.5 Å². The van der Waals surface area contributed by atoms with E-state index in [-0.39, 0.29) is 16.2 Å². The Bertz CT molecular complexity index is 1030. The third-order valence-electron chi connectivity index (χ3n) is 5.21. The number of sulfonamides is 1. The fourth-order valence-electron chi connectivity index (χ4n) is 3.37. The Kier molecular flexibility index (Phi) is 6.90. The Morgan fingerprint density at radius 3 is 2.33 bits per heavy atom. The Morgan fingerprint density at radius 2 is 1.70 bits per heavy atom. The minimum atomic E-state index is -3.71. The topological polar surface area (TPSA) is 84.9 Å². The zero-order chi connectivity index (χ0) is 21.9. The average Bonchev–Trinajstić information content (AvgIpc) is 2.73. The molecule has 0 atom stereocenters. The molecule has 2 aromatic carbocycles. The van der Waals surface area contributed by atoms with Gasteiger partial charge in [-0.3, -0.25) is 4.79 Å². The van der Waals surface area contributed by atoms with E-state index >= 15 is 0 Å². The first kappa shape index (κ1) is 22.4. The molecular formula is C21H25ClN2O5S. The number of anilines is 1. The molecule has 30 heavy (non-hydrogen) atoms. The number of carbonyl (C=O) groups excluding carboxylic acids is 1. The molecule has 1 heterocycles. The molecule has 1 saturated heterocycles. The second-order valence-electron chi connectivity index (χ2n) is 7.25. The number of hydrogen-bond donors (Lipinski definition) is 1. The number of amides is 1. The van der Waals surface area contributed by atoms with Crippen LogP contribution in [-0.2, 0) is 10.0 Å². The molecule has 0 aliphatic carbocycles. The highest BCUT2D eigenvalue weighted by atomic mass is 35.5. The fraction of sp³-hybridized carbons (Fsp3) is 0.381. The lowest BCUT2D eigenvalue weighted by molar-refractivity contribution is 0.102. The number of nitrogens with one attached hydrogen (secondary N) is 1. The van der Waals surface area contributed by atoms with Gasteiger partial charge in [-0.15, -0.1) is 0 Å². The van der Waals surface area contributed by atoms with Gasteiger partial charge in [0.05, 0.1) is 30.4 Å². The largest absolute Gasteiger partial charge is 0.496 e. The van der Waals surface area contributed by atoms with Crippen molar-refractivity contribution in [1.82, 2.24) is 4.31 Å². The summed E-state index contributed by atoms with van der Waals surface area (Å²) in [4.78, 5) is 13.0. The van der Waals surface area contributed by atoms with Gasteiger partial charge in [0.1, 0.15) is 11.5 Å². The Labute approximate surface area is 182 Å². The van der Waals surface area contributed by atoms with Crippen molar-refractivity contribution in [3.05, 3.63) is 47.0 Å². The number of benzene rings is 2. The van der Waals surface area contributed by atoms with E-state index in [9.17, 15) is 13.2 Å². The minimum Gasteiger partial charge on any atom is -0.496 e. The maximum absolute atomic E-state index is 13.1. The Hall–Kier alpha value is -2.29. The lowest BCUT2D eigenvalue weighted by Crippen LogP contribution is -2.37. The standard InChI is InChI=1S/C21H25ClN2O5S/c1-14-8-10-24(11-9-14)30(26,27)16-5-7-19(28-2)17(13-16)21(25)23-18-12-15(22)4-6-20(18)29-3/h4-7,12-14H,8-11H2,1-3H3,(H,23,25). The van der Waals surface area contributed by atoms with Crippen LogP contribution in [0.2, 0.25) is 5.02 Å². The van der Waals surface area contributed by atoms with Crippen molar-refractivity contribution in [3.8, 4) is 11.5 Å². The highest BCUT2D eigenvalue weighted by Gasteiger charge is 2.29. The third kappa shape index (κ3) is 4.71. The van der Waals surface area contributed by atoms with Gasteiger partial charge in [-0.2, -0.15) is 4.31 Å². The molecule has 0 aromatic heterocycles. The summed E-state index contributed by atoms with van der Waals surface area (Å²) in [6.45, 7) is 3.05. The number of methoxy groups -OCH3 is 2. The van der Waals surface area contributed by atoms with Crippen molar-refractivity contribution < 1.29 is 22.7 Å². The molecule has 1 amide bonds. The van der Waals surface area contributed by atoms with E-state index in [1.165, 1.54) is 36.7 Å². The van der Waals surface area contributed by atoms with Crippen LogP contribution >= 0.6 is 11.6 Å². The van der Waals surface area contributed by atoms with Crippen LogP contribution in [0.15, 0.2) is 41.3 Å². The van der Waals surface area contributed by atoms with Crippen LogP contribution in [0.25, 0.3) is 0 Å². The first-order valence-corrected chi connectivity index (χ1v) is 11.4. The number of hydrogen-bond acceptors (Lipinski definition) is 5. The summed E-state index contributed by atoms with van der Waals surface area (Å²) in [6, 6.07) is 9.13. The predicted octanol–water partition coefficient (Wildman–Crippen LogP) is 4.03. The summed E-state index contributed by atoms with van der Waals surface area (Å²) in [5, 5.41) is 3.15. The quantitative estimate of drug-likeness (QED) is 0.715. The highest BCUT2D eigenvalue weighted by molar-refractivity contribution is 7.89. The van der Waals surface area contributed by atoms with Crippen molar-refractivity contribution in [2.45, 2.75) is 24.7 Å². The van der Waals surface area contributed by atoms with Crippen molar-refractivity contribution in [1.29, 1.82) is 0 Å². The molecule has 1 N–H and O–H groups in total. The SMILES string of the molecule is COc1ccc(Cl)cc1NC(=O)c1cc(S(=O)(=O)N2CCC(C)CC2)ccc1OC. The van der Waals surface area contributed by atoms with Gasteiger partial charge in [-0.1, -0.05) is 18.5 Å². The van der Waals surface area contributed by atoms with Crippen LogP contribution in [0.1, 0.15) is 30.1 Å². The van der Waals surface area contributed by atoms with Crippen molar-refractivity contribution in [2.24, 2.45) is 5.92 Å². The predicted molar refractivity (Wildman–Crippen MR) is 116 cm³/mol. The second kappa shape index (κ2) is 9.24. The molecule has 1 aliphatic heterocycles. The Balaban J connectivity index is 1.93. The van der Waals surface area contributed by atoms with Crippen molar-refractivity contribution in [3.63, 3.8) is 0 Å². The van der Waals surface area contributed by atoms with Gasteiger partial charge in [0.15, 0.2) is 0 Å². The van der Waals surface area contributed by atoms with Gasteiger partial charge in [0.2, 0.25) is 10.0 Å². The van der Waals surface area contributed by atoms with Gasteiger partial charge in [0, 0.05) is 18.1 Å². The van der Waals surface area contributed by atoms with E-state index in [1.54, 1.807) is 18.2 Å². The summed E-state index contributed by atoms with van der Waals surface area (Å²) in [6.07, 6.45) is 1.63. The number of piperidine rings is 1. The summed E-state index contributed by atoms with van der Waals surface area (Å²) < 4.78 is 38.2. The smallest absolute Gasteiger partial charge is 0.259 e. The zero-order valence-electron chi connectivity index (χ0n) is 17.1. The highest BCUT2D eigenvalue weighted by Crippen LogP contribution is 2.31. The monoisotopic (exact) mass is 452 g/mol. The van der Waals surface area contributed by atoms with Crippen LogP contribution in [0.3, 0.4) is 0 Å². The summed E-state index contributed by atoms with van der Waals surface area (Å²) in [5.74, 6) is 0.663. The maximum atomic E-state index is 13.1. The van der Waals surface area contributed by atoms with Gasteiger partial charge in [0.25, 0.3) is 5.91 Å². The van der Waals surface area contributed by atoms with E-state index in [0.29, 0.717) is 35.5 Å². The molecule has 3 rings (SSSR count). The second-order valence-corrected chi connectivity index (χ2v) is 9.62. The van der Waals surface area contributed by atoms with E-state index in [2.05, 4.69) is 12.2 Å². The molecule has 1 aliphatic rings. The van der Waals surface area contributed by atoms with E-state index < -0.39 is 15.9 Å². The van der Waals surface area contributed by atoms with Crippen molar-refractivity contribution >= 4 is 33.2 Å². The first-order chi connectivity index (χ1) is 14.3. The number of carbonyl (C=O) groups is 1. The molecule has 1 fully saturated rings. The molecule has 0 saturated carbocycles. The molecule has 162 valence electrons.